The molecule has 2 nitrogen and oxygen atoms in total. The summed E-state index contributed by atoms with van der Waals surface area (Å²) in [6, 6.07) is 8.90. The molecule has 0 N–H and O–H groups in total. The monoisotopic (exact) mass is 400 g/mol. The van der Waals surface area contributed by atoms with E-state index in [2.05, 4.69) is 52.0 Å². The van der Waals surface area contributed by atoms with Crippen molar-refractivity contribution in [2.45, 2.75) is 117 Å². The fraction of sp³-hybridized carbons (Fsp3) is 0.778. The lowest BCUT2D eigenvalue weighted by atomic mass is 9.80. The van der Waals surface area contributed by atoms with Gasteiger partial charge in [0, 0.05) is 6.42 Å². The Bertz CT molecular complexity index is 537. The molecule has 29 heavy (non-hydrogen) atoms. The van der Waals surface area contributed by atoms with Gasteiger partial charge >= 0.3 is 0 Å². The Morgan fingerprint density at radius 1 is 0.759 bits per heavy atom. The van der Waals surface area contributed by atoms with Crippen molar-refractivity contribution in [3.8, 4) is 5.75 Å². The first-order valence-electron chi connectivity index (χ1n) is 12.4. The van der Waals surface area contributed by atoms with Crippen LogP contribution < -0.4 is 4.74 Å². The lowest BCUT2D eigenvalue weighted by Gasteiger charge is -2.31. The summed E-state index contributed by atoms with van der Waals surface area (Å²) in [6.07, 6.45) is 14.6. The second kappa shape index (κ2) is 11.4. The summed E-state index contributed by atoms with van der Waals surface area (Å²) >= 11 is 0. The highest BCUT2D eigenvalue weighted by Gasteiger charge is 2.25. The second-order valence-corrected chi connectivity index (χ2v) is 10.3. The van der Waals surface area contributed by atoms with Crippen molar-refractivity contribution in [2.75, 3.05) is 0 Å². The van der Waals surface area contributed by atoms with Crippen LogP contribution in [0.25, 0.3) is 0 Å². The molecule has 0 radical (unpaired) electrons. The van der Waals surface area contributed by atoms with Crippen LogP contribution in [0.2, 0.25) is 0 Å². The van der Waals surface area contributed by atoms with E-state index in [1.54, 1.807) is 0 Å². The molecule has 0 aromatic heterocycles. The molecule has 2 aliphatic rings. The molecule has 1 aromatic carbocycles. The van der Waals surface area contributed by atoms with Crippen LogP contribution >= 0.6 is 0 Å². The van der Waals surface area contributed by atoms with Gasteiger partial charge in [0.1, 0.15) is 5.75 Å². The van der Waals surface area contributed by atoms with E-state index in [1.165, 1.54) is 69.8 Å². The van der Waals surface area contributed by atoms with Crippen molar-refractivity contribution in [2.24, 2.45) is 17.8 Å². The summed E-state index contributed by atoms with van der Waals surface area (Å²) in [7, 11) is 0. The summed E-state index contributed by atoms with van der Waals surface area (Å²) in [5.74, 6) is 3.63. The molecule has 1 unspecified atom stereocenters. The Hall–Kier alpha value is -1.02. The molecular weight excluding hydrogens is 356 g/mol. The van der Waals surface area contributed by atoms with E-state index < -0.39 is 0 Å². The highest BCUT2D eigenvalue weighted by Crippen LogP contribution is 2.34. The van der Waals surface area contributed by atoms with Crippen molar-refractivity contribution in [1.82, 2.24) is 0 Å². The predicted molar refractivity (Wildman–Crippen MR) is 122 cm³/mol. The van der Waals surface area contributed by atoms with Crippen molar-refractivity contribution in [3.05, 3.63) is 29.8 Å². The lowest BCUT2D eigenvalue weighted by molar-refractivity contribution is -0.138. The standard InChI is InChI=1S/C27H44O2/c1-20(2)27(21(3)4)23-15-17-25(18-16-23)29-26(19-22-11-7-5-8-12-22)28-24-13-9-6-10-14-24/h15-18,20-22,24,26-27H,5-14,19H2,1-4H3. The number of rotatable bonds is 9. The first-order valence-corrected chi connectivity index (χ1v) is 12.4. The molecule has 3 rings (SSSR count). The fourth-order valence-electron chi connectivity index (χ4n) is 5.70. The van der Waals surface area contributed by atoms with Crippen molar-refractivity contribution in [3.63, 3.8) is 0 Å². The Morgan fingerprint density at radius 3 is 1.86 bits per heavy atom. The molecule has 2 aliphatic carbocycles. The van der Waals surface area contributed by atoms with Gasteiger partial charge in [-0.2, -0.15) is 0 Å². The van der Waals surface area contributed by atoms with Gasteiger partial charge < -0.3 is 9.47 Å². The van der Waals surface area contributed by atoms with E-state index >= 15 is 0 Å². The SMILES string of the molecule is CC(C)C(c1ccc(OC(CC2CCCCC2)OC2CCCCC2)cc1)C(C)C. The van der Waals surface area contributed by atoms with Gasteiger partial charge in [-0.1, -0.05) is 91.2 Å². The highest BCUT2D eigenvalue weighted by molar-refractivity contribution is 5.30. The van der Waals surface area contributed by atoms with E-state index in [0.717, 1.165) is 18.1 Å². The minimum atomic E-state index is -0.0851. The Balaban J connectivity index is 1.65. The second-order valence-electron chi connectivity index (χ2n) is 10.3. The summed E-state index contributed by atoms with van der Waals surface area (Å²) in [5, 5.41) is 0. The average molecular weight is 401 g/mol. The zero-order valence-electron chi connectivity index (χ0n) is 19.4. The predicted octanol–water partition coefficient (Wildman–Crippen LogP) is 8.11. The number of hydrogen-bond acceptors (Lipinski definition) is 2. The number of hydrogen-bond donors (Lipinski definition) is 0. The van der Waals surface area contributed by atoms with E-state index in [4.69, 9.17) is 9.47 Å². The topological polar surface area (TPSA) is 18.5 Å². The largest absolute Gasteiger partial charge is 0.465 e. The van der Waals surface area contributed by atoms with Gasteiger partial charge in [-0.25, -0.2) is 0 Å². The summed E-state index contributed by atoms with van der Waals surface area (Å²) in [5.41, 5.74) is 1.43. The Labute approximate surface area is 179 Å². The minimum absolute atomic E-state index is 0.0851. The van der Waals surface area contributed by atoms with E-state index in [0.29, 0.717) is 23.9 Å². The zero-order valence-corrected chi connectivity index (χ0v) is 19.4. The van der Waals surface area contributed by atoms with Gasteiger partial charge in [0.25, 0.3) is 0 Å². The molecule has 0 saturated heterocycles. The molecule has 2 heteroatoms. The highest BCUT2D eigenvalue weighted by atomic mass is 16.7. The van der Waals surface area contributed by atoms with Crippen LogP contribution in [0.1, 0.15) is 110 Å². The van der Waals surface area contributed by atoms with Gasteiger partial charge in [-0.15, -0.1) is 0 Å². The van der Waals surface area contributed by atoms with Gasteiger partial charge in [0.2, 0.25) is 0 Å². The van der Waals surface area contributed by atoms with Crippen LogP contribution in [0.4, 0.5) is 0 Å². The average Bonchev–Trinajstić information content (AvgIpc) is 2.70. The molecule has 0 aliphatic heterocycles. The first-order chi connectivity index (χ1) is 14.0. The minimum Gasteiger partial charge on any atom is -0.465 e. The molecule has 1 atom stereocenters. The van der Waals surface area contributed by atoms with Crippen LogP contribution in [0.3, 0.4) is 0 Å². The summed E-state index contributed by atoms with van der Waals surface area (Å²) < 4.78 is 13.0. The number of ether oxygens (including phenoxy) is 2. The zero-order chi connectivity index (χ0) is 20.6. The molecule has 1 aromatic rings. The summed E-state index contributed by atoms with van der Waals surface area (Å²) in [6.45, 7) is 9.31. The molecule has 0 bridgehead atoms. The van der Waals surface area contributed by atoms with Crippen molar-refractivity contribution >= 4 is 0 Å². The maximum atomic E-state index is 6.53. The van der Waals surface area contributed by atoms with E-state index in [9.17, 15) is 0 Å². The fourth-order valence-corrected chi connectivity index (χ4v) is 5.70. The van der Waals surface area contributed by atoms with Gasteiger partial charge in [-0.3, -0.25) is 0 Å². The van der Waals surface area contributed by atoms with E-state index in [-0.39, 0.29) is 6.29 Å². The third kappa shape index (κ3) is 7.02. The third-order valence-electron chi connectivity index (χ3n) is 7.12. The van der Waals surface area contributed by atoms with Crippen LogP contribution in [-0.2, 0) is 4.74 Å². The van der Waals surface area contributed by atoms with Crippen molar-refractivity contribution < 1.29 is 9.47 Å². The van der Waals surface area contributed by atoms with Crippen LogP contribution in [-0.4, -0.2) is 12.4 Å². The molecule has 2 saturated carbocycles. The van der Waals surface area contributed by atoms with Gasteiger partial charge in [0.05, 0.1) is 6.10 Å². The van der Waals surface area contributed by atoms with Gasteiger partial charge in [-0.05, 0) is 54.2 Å². The molecule has 2 fully saturated rings. The van der Waals surface area contributed by atoms with Crippen molar-refractivity contribution in [1.29, 1.82) is 0 Å². The molecule has 0 heterocycles. The lowest BCUT2D eigenvalue weighted by Crippen LogP contribution is -2.31. The molecule has 164 valence electrons. The first kappa shape index (κ1) is 22.7. The molecule has 0 spiro atoms. The Kier molecular flexibility index (Phi) is 8.90. The van der Waals surface area contributed by atoms with Crippen LogP contribution in [0, 0.1) is 17.8 Å². The molecule has 0 amide bonds. The van der Waals surface area contributed by atoms with Crippen LogP contribution in [0.5, 0.6) is 5.75 Å². The Morgan fingerprint density at radius 2 is 1.31 bits per heavy atom. The smallest absolute Gasteiger partial charge is 0.200 e. The van der Waals surface area contributed by atoms with Crippen LogP contribution in [0.15, 0.2) is 24.3 Å². The summed E-state index contributed by atoms with van der Waals surface area (Å²) in [4.78, 5) is 0. The third-order valence-corrected chi connectivity index (χ3v) is 7.12. The van der Waals surface area contributed by atoms with Gasteiger partial charge in [0.15, 0.2) is 6.29 Å². The quantitative estimate of drug-likeness (QED) is 0.390. The van der Waals surface area contributed by atoms with E-state index in [1.807, 2.05) is 0 Å². The number of benzene rings is 1. The maximum absolute atomic E-state index is 6.53. The normalized spacial score (nSPS) is 20.5. The maximum Gasteiger partial charge on any atom is 0.200 e. The molecular formula is C27H44O2.